The molecule has 3 N–H and O–H groups in total. The number of esters is 1. The molecule has 0 saturated heterocycles. The molecule has 0 aliphatic carbocycles. The fraction of sp³-hybridized carbons (Fsp3) is 0.350. The SMILES string of the molecule is CC.Cc1cc(O)cc(C)c1C.NCC(=O)OCc1ccccc1. The number of carbonyl (C=O) groups excluding carboxylic acids is 1. The van der Waals surface area contributed by atoms with Gasteiger partial charge in [0.15, 0.2) is 0 Å². The van der Waals surface area contributed by atoms with Gasteiger partial charge in [-0.2, -0.15) is 0 Å². The second-order valence-corrected chi connectivity index (χ2v) is 5.05. The topological polar surface area (TPSA) is 72.5 Å². The van der Waals surface area contributed by atoms with Crippen LogP contribution in [0.4, 0.5) is 0 Å². The highest BCUT2D eigenvalue weighted by atomic mass is 16.5. The van der Waals surface area contributed by atoms with Crippen molar-refractivity contribution in [1.82, 2.24) is 0 Å². The Kier molecular flexibility index (Phi) is 11.0. The lowest BCUT2D eigenvalue weighted by Crippen LogP contribution is -2.16. The molecular formula is C20H29NO3. The van der Waals surface area contributed by atoms with E-state index >= 15 is 0 Å². The second-order valence-electron chi connectivity index (χ2n) is 5.05. The molecule has 0 heterocycles. The van der Waals surface area contributed by atoms with Crippen LogP contribution in [0.15, 0.2) is 42.5 Å². The van der Waals surface area contributed by atoms with E-state index < -0.39 is 0 Å². The van der Waals surface area contributed by atoms with Crippen molar-refractivity contribution in [1.29, 1.82) is 0 Å². The number of carbonyl (C=O) groups is 1. The number of aromatic hydroxyl groups is 1. The van der Waals surface area contributed by atoms with Crippen LogP contribution >= 0.6 is 0 Å². The first-order valence-corrected chi connectivity index (χ1v) is 8.10. The number of phenols is 1. The first kappa shape index (κ1) is 21.7. The van der Waals surface area contributed by atoms with Crippen LogP contribution < -0.4 is 5.73 Å². The minimum absolute atomic E-state index is 0.0627. The third-order valence-electron chi connectivity index (χ3n) is 3.32. The molecule has 2 rings (SSSR count). The van der Waals surface area contributed by atoms with Crippen LogP contribution in [0.2, 0.25) is 0 Å². The van der Waals surface area contributed by atoms with Crippen molar-refractivity contribution in [2.24, 2.45) is 5.73 Å². The highest BCUT2D eigenvalue weighted by Gasteiger charge is 1.98. The zero-order valence-electron chi connectivity index (χ0n) is 15.3. The van der Waals surface area contributed by atoms with E-state index in [0.29, 0.717) is 12.4 Å². The summed E-state index contributed by atoms with van der Waals surface area (Å²) in [4.78, 5) is 10.6. The summed E-state index contributed by atoms with van der Waals surface area (Å²) in [5.41, 5.74) is 9.60. The normalized spacial score (nSPS) is 9.08. The van der Waals surface area contributed by atoms with E-state index in [4.69, 9.17) is 15.6 Å². The number of hydrogen-bond acceptors (Lipinski definition) is 4. The summed E-state index contributed by atoms with van der Waals surface area (Å²) >= 11 is 0. The fourth-order valence-corrected chi connectivity index (χ4v) is 1.81. The molecule has 0 aliphatic rings. The van der Waals surface area contributed by atoms with E-state index in [0.717, 1.165) is 16.7 Å². The van der Waals surface area contributed by atoms with E-state index in [1.54, 1.807) is 12.1 Å². The monoisotopic (exact) mass is 331 g/mol. The molecule has 4 heteroatoms. The van der Waals surface area contributed by atoms with Crippen molar-refractivity contribution in [3.63, 3.8) is 0 Å². The third-order valence-corrected chi connectivity index (χ3v) is 3.32. The van der Waals surface area contributed by atoms with E-state index in [-0.39, 0.29) is 12.5 Å². The average molecular weight is 331 g/mol. The van der Waals surface area contributed by atoms with E-state index in [1.165, 1.54) is 5.56 Å². The predicted octanol–water partition coefficient (Wildman–Crippen LogP) is 4.03. The number of phenolic OH excluding ortho intramolecular Hbond substituents is 1. The number of rotatable bonds is 3. The van der Waals surface area contributed by atoms with Gasteiger partial charge < -0.3 is 15.6 Å². The van der Waals surface area contributed by atoms with Gasteiger partial charge in [0, 0.05) is 0 Å². The molecule has 2 aromatic rings. The summed E-state index contributed by atoms with van der Waals surface area (Å²) in [5.74, 6) is -0.0144. The molecule has 24 heavy (non-hydrogen) atoms. The van der Waals surface area contributed by atoms with Gasteiger partial charge in [-0.05, 0) is 55.2 Å². The Morgan fingerprint density at radius 1 is 1.04 bits per heavy atom. The maximum absolute atomic E-state index is 10.6. The molecule has 0 saturated carbocycles. The highest BCUT2D eigenvalue weighted by molar-refractivity contribution is 5.71. The van der Waals surface area contributed by atoms with Crippen LogP contribution in [0.5, 0.6) is 5.75 Å². The summed E-state index contributed by atoms with van der Waals surface area (Å²) in [6, 6.07) is 13.0. The van der Waals surface area contributed by atoms with Crippen molar-refractivity contribution >= 4 is 5.97 Å². The zero-order chi connectivity index (χ0) is 18.5. The summed E-state index contributed by atoms with van der Waals surface area (Å²) < 4.78 is 4.81. The quantitative estimate of drug-likeness (QED) is 0.833. The smallest absolute Gasteiger partial charge is 0.320 e. The first-order chi connectivity index (χ1) is 11.4. The van der Waals surface area contributed by atoms with Crippen molar-refractivity contribution in [3.05, 3.63) is 64.7 Å². The molecule has 0 aromatic heterocycles. The van der Waals surface area contributed by atoms with E-state index in [1.807, 2.05) is 58.0 Å². The summed E-state index contributed by atoms with van der Waals surface area (Å²) in [6.45, 7) is 10.3. The van der Waals surface area contributed by atoms with Gasteiger partial charge in [0.05, 0.1) is 6.54 Å². The second kappa shape index (κ2) is 12.1. The third kappa shape index (κ3) is 8.34. The number of benzene rings is 2. The lowest BCUT2D eigenvalue weighted by atomic mass is 10.0. The summed E-state index contributed by atoms with van der Waals surface area (Å²) in [7, 11) is 0. The fourth-order valence-electron chi connectivity index (χ4n) is 1.81. The summed E-state index contributed by atoms with van der Waals surface area (Å²) in [6.07, 6.45) is 0. The van der Waals surface area contributed by atoms with Crippen LogP contribution in [0.3, 0.4) is 0 Å². The highest BCUT2D eigenvalue weighted by Crippen LogP contribution is 2.18. The average Bonchev–Trinajstić information content (AvgIpc) is 2.60. The zero-order valence-corrected chi connectivity index (χ0v) is 15.3. The minimum Gasteiger partial charge on any atom is -0.508 e. The molecule has 132 valence electrons. The van der Waals surface area contributed by atoms with Gasteiger partial charge in [0.2, 0.25) is 0 Å². The van der Waals surface area contributed by atoms with Gasteiger partial charge in [-0.1, -0.05) is 44.2 Å². The van der Waals surface area contributed by atoms with Gasteiger partial charge in [-0.25, -0.2) is 0 Å². The lowest BCUT2D eigenvalue weighted by Gasteiger charge is -2.03. The molecule has 4 nitrogen and oxygen atoms in total. The van der Waals surface area contributed by atoms with Crippen molar-refractivity contribution < 1.29 is 14.6 Å². The Bertz CT molecular complexity index is 587. The molecule has 0 aliphatic heterocycles. The molecule has 0 fully saturated rings. The van der Waals surface area contributed by atoms with Gasteiger partial charge >= 0.3 is 5.97 Å². The predicted molar refractivity (Wildman–Crippen MR) is 99.0 cm³/mol. The van der Waals surface area contributed by atoms with Crippen molar-refractivity contribution in [2.45, 2.75) is 41.2 Å². The van der Waals surface area contributed by atoms with Crippen molar-refractivity contribution in [3.8, 4) is 5.75 Å². The van der Waals surface area contributed by atoms with Gasteiger partial charge in [0.25, 0.3) is 0 Å². The largest absolute Gasteiger partial charge is 0.508 e. The lowest BCUT2D eigenvalue weighted by molar-refractivity contribution is -0.143. The Hall–Kier alpha value is -2.33. The molecule has 0 amide bonds. The van der Waals surface area contributed by atoms with Crippen LogP contribution in [0.25, 0.3) is 0 Å². The summed E-state index contributed by atoms with van der Waals surface area (Å²) in [5, 5.41) is 9.12. The minimum atomic E-state index is -0.376. The molecule has 0 atom stereocenters. The Morgan fingerprint density at radius 2 is 1.54 bits per heavy atom. The van der Waals surface area contributed by atoms with Gasteiger partial charge in [-0.15, -0.1) is 0 Å². The number of aryl methyl sites for hydroxylation is 2. The molecule has 0 radical (unpaired) electrons. The number of ether oxygens (including phenoxy) is 1. The molecule has 0 unspecified atom stereocenters. The Labute approximate surface area is 145 Å². The maximum atomic E-state index is 10.6. The van der Waals surface area contributed by atoms with Crippen molar-refractivity contribution in [2.75, 3.05) is 6.54 Å². The van der Waals surface area contributed by atoms with E-state index in [2.05, 4.69) is 6.92 Å². The van der Waals surface area contributed by atoms with E-state index in [9.17, 15) is 4.79 Å². The van der Waals surface area contributed by atoms with Crippen LogP contribution in [0.1, 0.15) is 36.1 Å². The molecule has 0 bridgehead atoms. The van der Waals surface area contributed by atoms with Gasteiger partial charge in [-0.3, -0.25) is 4.79 Å². The van der Waals surface area contributed by atoms with Crippen LogP contribution in [0, 0.1) is 20.8 Å². The Balaban J connectivity index is 0.000000405. The first-order valence-electron chi connectivity index (χ1n) is 8.10. The molecular weight excluding hydrogens is 302 g/mol. The number of hydrogen-bond donors (Lipinski definition) is 2. The number of nitrogens with two attached hydrogens (primary N) is 1. The molecule has 2 aromatic carbocycles. The molecule has 0 spiro atoms. The Morgan fingerprint density at radius 3 is 2.00 bits per heavy atom. The van der Waals surface area contributed by atoms with Crippen LogP contribution in [-0.2, 0) is 16.1 Å². The van der Waals surface area contributed by atoms with Gasteiger partial charge in [0.1, 0.15) is 12.4 Å². The maximum Gasteiger partial charge on any atom is 0.320 e. The van der Waals surface area contributed by atoms with Crippen LogP contribution in [-0.4, -0.2) is 17.6 Å². The standard InChI is InChI=1S/C9H11NO2.C9H12O.C2H6/c10-6-9(11)12-7-8-4-2-1-3-5-8;1-6-4-9(10)5-7(2)8(6)3;1-2/h1-5H,6-7,10H2;4-5,10H,1-3H3;1-2H3.